The summed E-state index contributed by atoms with van der Waals surface area (Å²) in [5.41, 5.74) is 3.20. The minimum absolute atomic E-state index is 0.00321. The van der Waals surface area contributed by atoms with E-state index in [2.05, 4.69) is 27.3 Å². The first kappa shape index (κ1) is 27.7. The monoisotopic (exact) mass is 589 g/mol. The van der Waals surface area contributed by atoms with E-state index in [0.29, 0.717) is 30.5 Å². The van der Waals surface area contributed by atoms with E-state index in [1.165, 1.54) is 23.6 Å². The number of nitrogens with zero attached hydrogens (tertiary/aromatic N) is 6. The van der Waals surface area contributed by atoms with Crippen molar-refractivity contribution >= 4 is 34.1 Å². The Kier molecular flexibility index (Phi) is 7.79. The average Bonchev–Trinajstić information content (AvgIpc) is 3.72. The summed E-state index contributed by atoms with van der Waals surface area (Å²) in [6, 6.07) is 14.8. The van der Waals surface area contributed by atoms with Gasteiger partial charge in [-0.3, -0.25) is 10.1 Å². The van der Waals surface area contributed by atoms with Crippen LogP contribution in [0, 0.1) is 5.95 Å². The Morgan fingerprint density at radius 1 is 1.17 bits per heavy atom. The number of anilines is 2. The Hall–Kier alpha value is -4.45. The highest BCUT2D eigenvalue weighted by Crippen LogP contribution is 2.38. The minimum Gasteiger partial charge on any atom is -0.487 e. The number of urea groups is 1. The third-order valence-electron chi connectivity index (χ3n) is 7.51. The molecule has 0 aliphatic carbocycles. The van der Waals surface area contributed by atoms with E-state index in [0.717, 1.165) is 42.1 Å². The highest BCUT2D eigenvalue weighted by atomic mass is 32.1. The Bertz CT molecular complexity index is 1560. The molecule has 2 aliphatic heterocycles. The number of amides is 3. The van der Waals surface area contributed by atoms with Gasteiger partial charge in [0.15, 0.2) is 5.13 Å². The fourth-order valence-electron chi connectivity index (χ4n) is 5.40. The number of rotatable bonds is 8. The van der Waals surface area contributed by atoms with Crippen molar-refractivity contribution in [3.63, 3.8) is 0 Å². The van der Waals surface area contributed by atoms with Crippen LogP contribution in [0.1, 0.15) is 40.6 Å². The number of pyridine rings is 1. The Morgan fingerprint density at radius 2 is 1.98 bits per heavy atom. The predicted molar refractivity (Wildman–Crippen MR) is 159 cm³/mol. The minimum atomic E-state index is -0.550. The van der Waals surface area contributed by atoms with E-state index in [9.17, 15) is 14.0 Å². The molecule has 12 heteroatoms. The van der Waals surface area contributed by atoms with Gasteiger partial charge < -0.3 is 24.0 Å². The fourth-order valence-corrected chi connectivity index (χ4v) is 6.15. The van der Waals surface area contributed by atoms with Gasteiger partial charge in [0.1, 0.15) is 17.5 Å². The number of carbonyl (C=O) groups is 2. The van der Waals surface area contributed by atoms with Gasteiger partial charge in [0, 0.05) is 50.6 Å². The van der Waals surface area contributed by atoms with Crippen molar-refractivity contribution in [3.8, 4) is 5.75 Å². The largest absolute Gasteiger partial charge is 0.487 e. The maximum atomic E-state index is 13.5. The quantitative estimate of drug-likeness (QED) is 0.295. The van der Waals surface area contributed by atoms with Gasteiger partial charge in [-0.15, -0.1) is 11.3 Å². The van der Waals surface area contributed by atoms with Gasteiger partial charge >= 0.3 is 6.03 Å². The molecule has 6 rings (SSSR count). The number of ether oxygens (including phenoxy) is 1. The first-order valence-corrected chi connectivity index (χ1v) is 14.7. The van der Waals surface area contributed by atoms with Crippen molar-refractivity contribution in [3.05, 3.63) is 89.2 Å². The maximum Gasteiger partial charge on any atom is 0.319 e. The third kappa shape index (κ3) is 5.94. The zero-order valence-corrected chi connectivity index (χ0v) is 24.3. The predicted octanol–water partition coefficient (Wildman–Crippen LogP) is 4.87. The van der Waals surface area contributed by atoms with E-state index in [-0.39, 0.29) is 24.1 Å². The van der Waals surface area contributed by atoms with Crippen LogP contribution in [0.15, 0.2) is 66.3 Å². The second-order valence-electron chi connectivity index (χ2n) is 10.7. The van der Waals surface area contributed by atoms with Gasteiger partial charge in [0.25, 0.3) is 5.91 Å². The maximum absolute atomic E-state index is 13.5. The molecule has 10 nitrogen and oxygen atoms in total. The molecule has 2 saturated heterocycles. The molecular formula is C30H32FN7O3S. The fraction of sp³-hybridized carbons (Fsp3) is 0.333. The number of thiazole rings is 1. The van der Waals surface area contributed by atoms with E-state index in [4.69, 9.17) is 9.72 Å². The first-order valence-electron chi connectivity index (χ1n) is 13.9. The van der Waals surface area contributed by atoms with Crippen molar-refractivity contribution < 1.29 is 18.7 Å². The SMILES string of the molecule is CN(C)C(=O)N1CC(Oc2ccc(N3CCCC3c3csc(NC(=O)c4cccn4Cc4ccnc(F)c4)n3)cc2)C1. The lowest BCUT2D eigenvalue weighted by molar-refractivity contribution is 0.0356. The topological polar surface area (TPSA) is 95.8 Å². The van der Waals surface area contributed by atoms with Crippen molar-refractivity contribution in [1.82, 2.24) is 24.3 Å². The van der Waals surface area contributed by atoms with E-state index in [1.807, 2.05) is 17.5 Å². The molecule has 2 fully saturated rings. The molecule has 5 heterocycles. The lowest BCUT2D eigenvalue weighted by Crippen LogP contribution is -2.58. The molecule has 218 valence electrons. The Labute approximate surface area is 247 Å². The molecular weight excluding hydrogens is 557 g/mol. The molecule has 1 atom stereocenters. The lowest BCUT2D eigenvalue weighted by Gasteiger charge is -2.40. The molecule has 1 aromatic carbocycles. The second kappa shape index (κ2) is 11.8. The van der Waals surface area contributed by atoms with Crippen molar-refractivity contribution in [2.75, 3.05) is 43.9 Å². The second-order valence-corrected chi connectivity index (χ2v) is 11.6. The van der Waals surface area contributed by atoms with Gasteiger partial charge in [-0.1, -0.05) is 0 Å². The van der Waals surface area contributed by atoms with E-state index in [1.54, 1.807) is 52.9 Å². The molecule has 3 amide bonds. The van der Waals surface area contributed by atoms with Gasteiger partial charge in [0.05, 0.1) is 24.8 Å². The first-order chi connectivity index (χ1) is 20.3. The van der Waals surface area contributed by atoms with E-state index < -0.39 is 5.95 Å². The average molecular weight is 590 g/mol. The van der Waals surface area contributed by atoms with Gasteiger partial charge in [-0.25, -0.2) is 14.8 Å². The van der Waals surface area contributed by atoms with Crippen LogP contribution in [0.4, 0.5) is 20.0 Å². The van der Waals surface area contributed by atoms with Gasteiger partial charge in [-0.2, -0.15) is 4.39 Å². The van der Waals surface area contributed by atoms with Crippen LogP contribution in [0.25, 0.3) is 0 Å². The van der Waals surface area contributed by atoms with E-state index >= 15 is 0 Å². The van der Waals surface area contributed by atoms with Crippen LogP contribution in [0.3, 0.4) is 0 Å². The summed E-state index contributed by atoms with van der Waals surface area (Å²) in [6.07, 6.45) is 5.23. The van der Waals surface area contributed by atoms with Crippen LogP contribution < -0.4 is 15.0 Å². The summed E-state index contributed by atoms with van der Waals surface area (Å²) in [7, 11) is 3.50. The van der Waals surface area contributed by atoms with Crippen molar-refractivity contribution in [2.24, 2.45) is 0 Å². The zero-order valence-electron chi connectivity index (χ0n) is 23.4. The van der Waals surface area contributed by atoms with Crippen molar-refractivity contribution in [1.29, 1.82) is 0 Å². The van der Waals surface area contributed by atoms with Crippen LogP contribution in [0.2, 0.25) is 0 Å². The number of benzene rings is 1. The number of carbonyl (C=O) groups excluding carboxylic acids is 2. The standard InChI is InChI=1S/C30H32FN7O3S/c1-35(2)30(40)37-17-23(18-37)41-22-9-7-21(8-10-22)38-14-4-5-25(38)24-19-42-29(33-24)34-28(39)26-6-3-13-36(26)16-20-11-12-32-27(31)15-20/h3,6-13,15,19,23,25H,4-5,14,16-18H2,1-2H3,(H,33,34,39). The van der Waals surface area contributed by atoms with Crippen LogP contribution in [0.5, 0.6) is 5.75 Å². The smallest absolute Gasteiger partial charge is 0.319 e. The highest BCUT2D eigenvalue weighted by molar-refractivity contribution is 7.14. The molecule has 0 radical (unpaired) electrons. The number of halogens is 1. The summed E-state index contributed by atoms with van der Waals surface area (Å²) in [6.45, 7) is 2.45. The summed E-state index contributed by atoms with van der Waals surface area (Å²) >= 11 is 1.41. The molecule has 0 saturated carbocycles. The summed E-state index contributed by atoms with van der Waals surface area (Å²) in [4.78, 5) is 39.1. The Balaban J connectivity index is 1.06. The van der Waals surface area contributed by atoms with Crippen LogP contribution >= 0.6 is 11.3 Å². The molecule has 0 spiro atoms. The molecule has 3 aromatic heterocycles. The lowest BCUT2D eigenvalue weighted by atomic mass is 10.1. The molecule has 2 aliphatic rings. The number of nitrogens with one attached hydrogen (secondary N) is 1. The number of hydrogen-bond donors (Lipinski definition) is 1. The summed E-state index contributed by atoms with van der Waals surface area (Å²) < 4.78 is 21.3. The number of hydrogen-bond acceptors (Lipinski definition) is 7. The molecule has 1 unspecified atom stereocenters. The molecule has 4 aromatic rings. The molecule has 1 N–H and O–H groups in total. The third-order valence-corrected chi connectivity index (χ3v) is 8.29. The summed E-state index contributed by atoms with van der Waals surface area (Å²) in [5, 5.41) is 5.48. The van der Waals surface area contributed by atoms with Gasteiger partial charge in [-0.05, 0) is 66.9 Å². The normalized spacial score (nSPS) is 16.8. The van der Waals surface area contributed by atoms with Crippen LogP contribution in [-0.4, -0.2) is 76.1 Å². The zero-order chi connectivity index (χ0) is 29.2. The number of aromatic nitrogens is 3. The highest BCUT2D eigenvalue weighted by Gasteiger charge is 2.33. The van der Waals surface area contributed by atoms with Crippen molar-refractivity contribution in [2.45, 2.75) is 31.5 Å². The number of likely N-dealkylation sites (tertiary alicyclic amines) is 1. The van der Waals surface area contributed by atoms with Gasteiger partial charge in [0.2, 0.25) is 5.95 Å². The Morgan fingerprint density at radius 3 is 2.74 bits per heavy atom. The molecule has 42 heavy (non-hydrogen) atoms. The molecule has 0 bridgehead atoms. The summed E-state index contributed by atoms with van der Waals surface area (Å²) in [5.74, 6) is -0.0327. The van der Waals surface area contributed by atoms with Crippen LogP contribution in [-0.2, 0) is 6.54 Å².